The van der Waals surface area contributed by atoms with Gasteiger partial charge in [0.1, 0.15) is 0 Å². The lowest BCUT2D eigenvalue weighted by atomic mass is 10.2. The van der Waals surface area contributed by atoms with Crippen molar-refractivity contribution in [2.45, 2.75) is 11.3 Å². The van der Waals surface area contributed by atoms with Gasteiger partial charge in [0.15, 0.2) is 0 Å². The number of carbonyl (C=O) groups is 1. The molecule has 1 aromatic carbocycles. The Morgan fingerprint density at radius 1 is 1.50 bits per heavy atom. The Kier molecular flexibility index (Phi) is 7.08. The number of carbonyl (C=O) groups excluding carboxylic acids is 1. The van der Waals surface area contributed by atoms with E-state index in [4.69, 9.17) is 4.74 Å². The lowest BCUT2D eigenvalue weighted by Crippen LogP contribution is -2.27. The number of hydrogen-bond donors (Lipinski definition) is 2. The second-order valence-electron chi connectivity index (χ2n) is 3.61. The van der Waals surface area contributed by atoms with Gasteiger partial charge < -0.3 is 10.1 Å². The molecule has 0 spiro atoms. The Labute approximate surface area is 121 Å². The van der Waals surface area contributed by atoms with Gasteiger partial charge in [-0.3, -0.25) is 4.79 Å². The predicted octanol–water partition coefficient (Wildman–Crippen LogP) is 3.06. The zero-order chi connectivity index (χ0) is 13.4. The summed E-state index contributed by atoms with van der Waals surface area (Å²) in [7, 11) is 0. The van der Waals surface area contributed by atoms with Crippen LogP contribution in [-0.4, -0.2) is 25.7 Å². The fourth-order valence-corrected chi connectivity index (χ4v) is 1.92. The Bertz CT molecular complexity index is 423. The van der Waals surface area contributed by atoms with E-state index >= 15 is 0 Å². The number of thiol groups is 1. The van der Waals surface area contributed by atoms with Crippen molar-refractivity contribution in [2.75, 3.05) is 19.8 Å². The lowest BCUT2D eigenvalue weighted by Gasteiger charge is -2.07. The maximum Gasteiger partial charge on any atom is 0.252 e. The molecule has 1 N–H and O–H groups in total. The van der Waals surface area contributed by atoms with Crippen LogP contribution in [0.2, 0.25) is 0 Å². The second kappa shape index (κ2) is 8.34. The average Bonchev–Trinajstić information content (AvgIpc) is 2.36. The molecule has 98 valence electrons. The van der Waals surface area contributed by atoms with E-state index in [1.165, 1.54) is 0 Å². The summed E-state index contributed by atoms with van der Waals surface area (Å²) in [5.74, 6) is -0.134. The van der Waals surface area contributed by atoms with Crippen molar-refractivity contribution in [3.05, 3.63) is 40.9 Å². The highest BCUT2D eigenvalue weighted by Crippen LogP contribution is 2.19. The zero-order valence-electron chi connectivity index (χ0n) is 9.99. The maximum atomic E-state index is 11.9. The minimum atomic E-state index is -0.134. The molecule has 0 unspecified atom stereocenters. The molecule has 3 nitrogen and oxygen atoms in total. The molecule has 0 aliphatic heterocycles. The summed E-state index contributed by atoms with van der Waals surface area (Å²) < 4.78 is 6.06. The van der Waals surface area contributed by atoms with Crippen molar-refractivity contribution in [3.63, 3.8) is 0 Å². The molecule has 0 atom stereocenters. The maximum absolute atomic E-state index is 11.9. The van der Waals surface area contributed by atoms with E-state index in [0.29, 0.717) is 25.3 Å². The molecule has 5 heteroatoms. The lowest BCUT2D eigenvalue weighted by molar-refractivity contribution is 0.0917. The normalized spacial score (nSPS) is 10.1. The zero-order valence-corrected chi connectivity index (χ0v) is 12.5. The van der Waals surface area contributed by atoms with Crippen LogP contribution in [0.3, 0.4) is 0 Å². The third-order valence-electron chi connectivity index (χ3n) is 2.19. The summed E-state index contributed by atoms with van der Waals surface area (Å²) in [5.41, 5.74) is 0.577. The smallest absolute Gasteiger partial charge is 0.252 e. The molecule has 0 saturated heterocycles. The minimum absolute atomic E-state index is 0.134. The summed E-state index contributed by atoms with van der Waals surface area (Å²) in [6.07, 6.45) is 2.62. The van der Waals surface area contributed by atoms with E-state index < -0.39 is 0 Å². The van der Waals surface area contributed by atoms with E-state index in [0.717, 1.165) is 15.8 Å². The van der Waals surface area contributed by atoms with Gasteiger partial charge in [0, 0.05) is 15.9 Å². The van der Waals surface area contributed by atoms with Gasteiger partial charge >= 0.3 is 0 Å². The third-order valence-corrected chi connectivity index (χ3v) is 3.16. The molecular formula is C13H16BrNO2S. The SMILES string of the molecule is C=CCCOCCNC(=O)c1cc(S)ccc1Br. The first-order valence-electron chi connectivity index (χ1n) is 5.60. The molecule has 0 bridgehead atoms. The molecule has 0 aromatic heterocycles. The quantitative estimate of drug-likeness (QED) is 0.458. The Hall–Kier alpha value is -0.780. The summed E-state index contributed by atoms with van der Waals surface area (Å²) in [6.45, 7) is 5.22. The van der Waals surface area contributed by atoms with E-state index in [1.807, 2.05) is 6.07 Å². The van der Waals surface area contributed by atoms with Gasteiger partial charge in [0.2, 0.25) is 0 Å². The fraction of sp³-hybridized carbons (Fsp3) is 0.308. The van der Waals surface area contributed by atoms with Gasteiger partial charge in [-0.1, -0.05) is 6.08 Å². The monoisotopic (exact) mass is 329 g/mol. The third kappa shape index (κ3) is 5.25. The highest BCUT2D eigenvalue weighted by Gasteiger charge is 2.09. The number of nitrogens with one attached hydrogen (secondary N) is 1. The van der Waals surface area contributed by atoms with E-state index in [1.54, 1.807) is 18.2 Å². The van der Waals surface area contributed by atoms with Gasteiger partial charge in [-0.05, 0) is 40.5 Å². The van der Waals surface area contributed by atoms with Crippen molar-refractivity contribution >= 4 is 34.5 Å². The summed E-state index contributed by atoms with van der Waals surface area (Å²) in [5, 5.41) is 2.79. The van der Waals surface area contributed by atoms with Crippen LogP contribution in [0.25, 0.3) is 0 Å². The Morgan fingerprint density at radius 3 is 3.00 bits per heavy atom. The molecule has 0 radical (unpaired) electrons. The molecule has 18 heavy (non-hydrogen) atoms. The van der Waals surface area contributed by atoms with E-state index in [2.05, 4.69) is 40.5 Å². The predicted molar refractivity (Wildman–Crippen MR) is 79.4 cm³/mol. The highest BCUT2D eigenvalue weighted by molar-refractivity contribution is 9.10. The van der Waals surface area contributed by atoms with Crippen molar-refractivity contribution in [1.29, 1.82) is 0 Å². The number of rotatable bonds is 7. The number of hydrogen-bond acceptors (Lipinski definition) is 3. The van der Waals surface area contributed by atoms with Crippen LogP contribution < -0.4 is 5.32 Å². The van der Waals surface area contributed by atoms with Crippen LogP contribution in [0.1, 0.15) is 16.8 Å². The van der Waals surface area contributed by atoms with Gasteiger partial charge in [-0.2, -0.15) is 0 Å². The van der Waals surface area contributed by atoms with Crippen LogP contribution in [0, 0.1) is 0 Å². The first-order valence-corrected chi connectivity index (χ1v) is 6.84. The fourth-order valence-electron chi connectivity index (χ4n) is 1.29. The first-order chi connectivity index (χ1) is 8.65. The average molecular weight is 330 g/mol. The highest BCUT2D eigenvalue weighted by atomic mass is 79.9. The van der Waals surface area contributed by atoms with Crippen LogP contribution >= 0.6 is 28.6 Å². The van der Waals surface area contributed by atoms with Gasteiger partial charge in [0.25, 0.3) is 5.91 Å². The van der Waals surface area contributed by atoms with Gasteiger partial charge in [-0.25, -0.2) is 0 Å². The van der Waals surface area contributed by atoms with Gasteiger partial charge in [0.05, 0.1) is 18.8 Å². The Morgan fingerprint density at radius 2 is 2.28 bits per heavy atom. The number of halogens is 1. The van der Waals surface area contributed by atoms with Crippen LogP contribution in [0.15, 0.2) is 40.2 Å². The molecule has 0 aliphatic carbocycles. The topological polar surface area (TPSA) is 38.3 Å². The summed E-state index contributed by atoms with van der Waals surface area (Å²) in [4.78, 5) is 12.6. The number of amides is 1. The summed E-state index contributed by atoms with van der Waals surface area (Å²) in [6, 6.07) is 5.35. The molecule has 1 aromatic rings. The van der Waals surface area contributed by atoms with E-state index in [9.17, 15) is 4.79 Å². The second-order valence-corrected chi connectivity index (χ2v) is 4.98. The van der Waals surface area contributed by atoms with Gasteiger partial charge in [-0.15, -0.1) is 19.2 Å². The van der Waals surface area contributed by atoms with Crippen LogP contribution in [-0.2, 0) is 4.74 Å². The van der Waals surface area contributed by atoms with Crippen molar-refractivity contribution in [3.8, 4) is 0 Å². The largest absolute Gasteiger partial charge is 0.379 e. The van der Waals surface area contributed by atoms with Crippen LogP contribution in [0.4, 0.5) is 0 Å². The number of ether oxygens (including phenoxy) is 1. The Balaban J connectivity index is 2.36. The van der Waals surface area contributed by atoms with Crippen molar-refractivity contribution < 1.29 is 9.53 Å². The van der Waals surface area contributed by atoms with Crippen molar-refractivity contribution in [2.24, 2.45) is 0 Å². The molecule has 0 saturated carbocycles. The number of benzene rings is 1. The molecule has 1 amide bonds. The molecular weight excluding hydrogens is 314 g/mol. The first kappa shape index (κ1) is 15.3. The summed E-state index contributed by atoms with van der Waals surface area (Å²) >= 11 is 7.55. The van der Waals surface area contributed by atoms with E-state index in [-0.39, 0.29) is 5.91 Å². The van der Waals surface area contributed by atoms with Crippen LogP contribution in [0.5, 0.6) is 0 Å². The van der Waals surface area contributed by atoms with Crippen molar-refractivity contribution in [1.82, 2.24) is 5.32 Å². The molecule has 1 rings (SSSR count). The molecule has 0 fully saturated rings. The standard InChI is InChI=1S/C13H16BrNO2S/c1-2-3-7-17-8-6-15-13(16)11-9-10(18)4-5-12(11)14/h2,4-5,9,18H,1,3,6-8H2,(H,15,16). The molecule has 0 aliphatic rings. The minimum Gasteiger partial charge on any atom is -0.379 e. The molecule has 0 heterocycles.